The quantitative estimate of drug-likeness (QED) is 0.497. The molecule has 0 aliphatic rings. The molecule has 4 aromatic rings. The van der Waals surface area contributed by atoms with Crippen LogP contribution < -0.4 is 10.1 Å². The summed E-state index contributed by atoms with van der Waals surface area (Å²) in [5.74, 6) is 1.20. The number of carbonyl (C=O) groups excluding carboxylic acids is 1. The van der Waals surface area contributed by atoms with E-state index in [1.165, 1.54) is 0 Å². The second kappa shape index (κ2) is 8.01. The van der Waals surface area contributed by atoms with E-state index in [4.69, 9.17) is 9.15 Å². The van der Waals surface area contributed by atoms with Crippen molar-refractivity contribution in [2.45, 2.75) is 13.0 Å². The predicted octanol–water partition coefficient (Wildman–Crippen LogP) is 5.36. The number of para-hydroxylation sites is 2. The molecule has 1 aromatic heterocycles. The maximum atomic E-state index is 12.4. The lowest BCUT2D eigenvalue weighted by molar-refractivity contribution is -0.123. The summed E-state index contributed by atoms with van der Waals surface area (Å²) in [6.07, 6.45) is 0. The van der Waals surface area contributed by atoms with Crippen LogP contribution in [0.5, 0.6) is 5.75 Å². The van der Waals surface area contributed by atoms with Gasteiger partial charge in [0.05, 0.1) is 6.04 Å². The van der Waals surface area contributed by atoms with Crippen molar-refractivity contribution in [3.8, 4) is 16.9 Å². The molecule has 1 atom stereocenters. The van der Waals surface area contributed by atoms with E-state index in [2.05, 4.69) is 5.32 Å². The number of furan rings is 1. The summed E-state index contributed by atoms with van der Waals surface area (Å²) in [5.41, 5.74) is 2.82. The molecule has 28 heavy (non-hydrogen) atoms. The molecule has 1 N–H and O–H groups in total. The van der Waals surface area contributed by atoms with E-state index >= 15 is 0 Å². The van der Waals surface area contributed by atoms with Crippen molar-refractivity contribution >= 4 is 16.9 Å². The lowest BCUT2D eigenvalue weighted by Gasteiger charge is -2.14. The summed E-state index contributed by atoms with van der Waals surface area (Å²) in [5, 5.41) is 3.95. The Morgan fingerprint density at radius 3 is 2.50 bits per heavy atom. The number of ether oxygens (including phenoxy) is 1. The fourth-order valence-corrected chi connectivity index (χ4v) is 3.16. The third-order valence-electron chi connectivity index (χ3n) is 4.58. The molecular weight excluding hydrogens is 350 g/mol. The van der Waals surface area contributed by atoms with Crippen LogP contribution in [0.3, 0.4) is 0 Å². The Balaban J connectivity index is 1.41. The van der Waals surface area contributed by atoms with Gasteiger partial charge in [-0.05, 0) is 30.7 Å². The SMILES string of the molecule is CC(NC(=O)COc1ccccc1-c1ccccc1)c1cc2ccccc2o1. The first kappa shape index (κ1) is 17.9. The van der Waals surface area contributed by atoms with Gasteiger partial charge >= 0.3 is 0 Å². The maximum absolute atomic E-state index is 12.4. The predicted molar refractivity (Wildman–Crippen MR) is 110 cm³/mol. The molecule has 1 amide bonds. The van der Waals surface area contributed by atoms with Crippen molar-refractivity contribution in [1.82, 2.24) is 5.32 Å². The molecule has 0 aliphatic heterocycles. The summed E-state index contributed by atoms with van der Waals surface area (Å²) < 4.78 is 11.6. The number of carbonyl (C=O) groups is 1. The average Bonchev–Trinajstić information content (AvgIpc) is 3.18. The molecule has 0 radical (unpaired) electrons. The Kier molecular flexibility index (Phi) is 5.11. The minimum absolute atomic E-state index is 0.0611. The molecule has 1 heterocycles. The summed E-state index contributed by atoms with van der Waals surface area (Å²) in [6, 6.07) is 27.2. The molecule has 0 spiro atoms. The minimum Gasteiger partial charge on any atom is -0.483 e. The maximum Gasteiger partial charge on any atom is 0.258 e. The third-order valence-corrected chi connectivity index (χ3v) is 4.58. The molecular formula is C24H21NO3. The number of fused-ring (bicyclic) bond motifs is 1. The molecule has 4 heteroatoms. The molecule has 3 aromatic carbocycles. The smallest absolute Gasteiger partial charge is 0.258 e. The Morgan fingerprint density at radius 1 is 0.964 bits per heavy atom. The monoisotopic (exact) mass is 371 g/mol. The van der Waals surface area contributed by atoms with Gasteiger partial charge in [-0.2, -0.15) is 0 Å². The highest BCUT2D eigenvalue weighted by Crippen LogP contribution is 2.29. The second-order valence-corrected chi connectivity index (χ2v) is 6.63. The van der Waals surface area contributed by atoms with Gasteiger partial charge in [-0.15, -0.1) is 0 Å². The first-order chi connectivity index (χ1) is 13.7. The molecule has 4 rings (SSSR count). The van der Waals surface area contributed by atoms with Gasteiger partial charge < -0.3 is 14.5 Å². The highest BCUT2D eigenvalue weighted by Gasteiger charge is 2.15. The van der Waals surface area contributed by atoms with Gasteiger partial charge in [0.25, 0.3) is 5.91 Å². The van der Waals surface area contributed by atoms with Crippen molar-refractivity contribution in [1.29, 1.82) is 0 Å². The van der Waals surface area contributed by atoms with Crippen LogP contribution in [0, 0.1) is 0 Å². The Bertz CT molecular complexity index is 1050. The molecule has 0 saturated heterocycles. The Morgan fingerprint density at radius 2 is 1.68 bits per heavy atom. The highest BCUT2D eigenvalue weighted by atomic mass is 16.5. The third kappa shape index (κ3) is 3.91. The van der Waals surface area contributed by atoms with Gasteiger partial charge in [0.2, 0.25) is 0 Å². The standard InChI is InChI=1S/C24H21NO3/c1-17(23-15-19-11-5-7-13-21(19)28-23)25-24(26)16-27-22-14-8-6-12-20(22)18-9-3-2-4-10-18/h2-15,17H,16H2,1H3,(H,25,26). The second-order valence-electron chi connectivity index (χ2n) is 6.63. The van der Waals surface area contributed by atoms with E-state index in [1.807, 2.05) is 91.9 Å². The number of amides is 1. The van der Waals surface area contributed by atoms with Crippen molar-refractivity contribution in [2.24, 2.45) is 0 Å². The van der Waals surface area contributed by atoms with E-state index in [0.29, 0.717) is 5.75 Å². The number of hydrogen-bond donors (Lipinski definition) is 1. The fourth-order valence-electron chi connectivity index (χ4n) is 3.16. The van der Waals surface area contributed by atoms with E-state index < -0.39 is 0 Å². The summed E-state index contributed by atoms with van der Waals surface area (Å²) in [6.45, 7) is 1.84. The zero-order valence-corrected chi connectivity index (χ0v) is 15.6. The van der Waals surface area contributed by atoms with E-state index in [9.17, 15) is 4.79 Å². The van der Waals surface area contributed by atoms with Crippen LogP contribution in [0.4, 0.5) is 0 Å². The van der Waals surface area contributed by atoms with Crippen LogP contribution in [-0.4, -0.2) is 12.5 Å². The van der Waals surface area contributed by atoms with Gasteiger partial charge in [0.15, 0.2) is 6.61 Å². The first-order valence-corrected chi connectivity index (χ1v) is 9.26. The van der Waals surface area contributed by atoms with Crippen LogP contribution in [-0.2, 0) is 4.79 Å². The molecule has 0 aliphatic carbocycles. The Labute approximate surface area is 163 Å². The van der Waals surface area contributed by atoms with Crippen LogP contribution >= 0.6 is 0 Å². The first-order valence-electron chi connectivity index (χ1n) is 9.26. The van der Waals surface area contributed by atoms with E-state index in [0.717, 1.165) is 27.9 Å². The summed E-state index contributed by atoms with van der Waals surface area (Å²) in [4.78, 5) is 12.4. The number of rotatable bonds is 6. The lowest BCUT2D eigenvalue weighted by atomic mass is 10.1. The van der Waals surface area contributed by atoms with Crippen molar-refractivity contribution in [3.63, 3.8) is 0 Å². The number of benzene rings is 3. The van der Waals surface area contributed by atoms with Gasteiger partial charge in [-0.3, -0.25) is 4.79 Å². The van der Waals surface area contributed by atoms with Gasteiger partial charge in [-0.1, -0.05) is 66.7 Å². The Hall–Kier alpha value is -3.53. The molecule has 4 nitrogen and oxygen atoms in total. The molecule has 0 bridgehead atoms. The largest absolute Gasteiger partial charge is 0.483 e. The van der Waals surface area contributed by atoms with Gasteiger partial charge in [-0.25, -0.2) is 0 Å². The van der Waals surface area contributed by atoms with Gasteiger partial charge in [0, 0.05) is 10.9 Å². The lowest BCUT2D eigenvalue weighted by Crippen LogP contribution is -2.31. The summed E-state index contributed by atoms with van der Waals surface area (Å²) in [7, 11) is 0. The molecule has 140 valence electrons. The zero-order chi connectivity index (χ0) is 19.3. The minimum atomic E-state index is -0.243. The van der Waals surface area contributed by atoms with Crippen molar-refractivity contribution in [2.75, 3.05) is 6.61 Å². The molecule has 0 saturated carbocycles. The van der Waals surface area contributed by atoms with Crippen molar-refractivity contribution < 1.29 is 13.9 Å². The zero-order valence-electron chi connectivity index (χ0n) is 15.6. The van der Waals surface area contributed by atoms with Crippen LogP contribution in [0.15, 0.2) is 89.3 Å². The topological polar surface area (TPSA) is 51.5 Å². The van der Waals surface area contributed by atoms with Crippen molar-refractivity contribution in [3.05, 3.63) is 90.7 Å². The fraction of sp³-hybridized carbons (Fsp3) is 0.125. The number of nitrogens with one attached hydrogen (secondary N) is 1. The van der Waals surface area contributed by atoms with Crippen LogP contribution in [0.1, 0.15) is 18.7 Å². The van der Waals surface area contributed by atoms with Crippen LogP contribution in [0.25, 0.3) is 22.1 Å². The van der Waals surface area contributed by atoms with Crippen LogP contribution in [0.2, 0.25) is 0 Å². The normalized spacial score (nSPS) is 11.9. The number of hydrogen-bond acceptors (Lipinski definition) is 3. The molecule has 1 unspecified atom stereocenters. The van der Waals surface area contributed by atoms with E-state index in [1.54, 1.807) is 0 Å². The highest BCUT2D eigenvalue weighted by molar-refractivity contribution is 5.80. The summed E-state index contributed by atoms with van der Waals surface area (Å²) >= 11 is 0. The van der Waals surface area contributed by atoms with E-state index in [-0.39, 0.29) is 18.6 Å². The molecule has 0 fully saturated rings. The average molecular weight is 371 g/mol. The van der Waals surface area contributed by atoms with Gasteiger partial charge in [0.1, 0.15) is 17.1 Å².